The molecule has 0 unspecified atom stereocenters. The first kappa shape index (κ1) is 19.7. The van der Waals surface area contributed by atoms with E-state index in [9.17, 15) is 26.4 Å². The molecule has 0 bridgehead atoms. The van der Waals surface area contributed by atoms with Crippen LogP contribution < -0.4 is 10.0 Å². The monoisotopic (exact) mass is 406 g/mol. The smallest absolute Gasteiger partial charge is 0.360 e. The maximum absolute atomic E-state index is 12.2. The third kappa shape index (κ3) is 5.17. The minimum absolute atomic E-state index is 0.116. The van der Waals surface area contributed by atoms with Gasteiger partial charge in [0.1, 0.15) is 5.03 Å². The Bertz CT molecular complexity index is 917. The molecular formula is C14H10ClF3N4O3S. The lowest BCUT2D eigenvalue weighted by atomic mass is 10.3. The van der Waals surface area contributed by atoms with Crippen molar-refractivity contribution in [2.24, 2.45) is 0 Å². The van der Waals surface area contributed by atoms with Gasteiger partial charge < -0.3 is 5.32 Å². The van der Waals surface area contributed by atoms with Gasteiger partial charge >= 0.3 is 6.18 Å². The summed E-state index contributed by atoms with van der Waals surface area (Å²) in [5.74, 6) is -2.31. The topological polar surface area (TPSA) is 101 Å². The van der Waals surface area contributed by atoms with E-state index in [4.69, 9.17) is 11.6 Å². The van der Waals surface area contributed by atoms with Gasteiger partial charge in [0.2, 0.25) is 5.95 Å². The van der Waals surface area contributed by atoms with E-state index in [1.165, 1.54) is 42.7 Å². The molecule has 0 amide bonds. The number of allylic oxidation sites excluding steroid dienone is 1. The Morgan fingerprint density at radius 2 is 1.69 bits per heavy atom. The zero-order chi connectivity index (χ0) is 19.4. The number of anilines is 2. The number of alkyl halides is 3. The van der Waals surface area contributed by atoms with Gasteiger partial charge in [-0.25, -0.2) is 23.1 Å². The van der Waals surface area contributed by atoms with Gasteiger partial charge in [-0.15, -0.1) is 0 Å². The van der Waals surface area contributed by atoms with E-state index in [0.717, 1.165) is 0 Å². The fraction of sp³-hybridized carbons (Fsp3) is 0.0714. The molecule has 0 spiro atoms. The van der Waals surface area contributed by atoms with Gasteiger partial charge in [-0.3, -0.25) is 4.79 Å². The molecule has 7 nitrogen and oxygen atoms in total. The zero-order valence-corrected chi connectivity index (χ0v) is 14.2. The van der Waals surface area contributed by atoms with Crippen molar-refractivity contribution in [1.82, 2.24) is 9.97 Å². The van der Waals surface area contributed by atoms with Crippen LogP contribution in [0.4, 0.5) is 24.8 Å². The van der Waals surface area contributed by atoms with Crippen LogP contribution in [0.1, 0.15) is 0 Å². The van der Waals surface area contributed by atoms with E-state index >= 15 is 0 Å². The number of sulfonamides is 1. The van der Waals surface area contributed by atoms with Gasteiger partial charge in [-0.1, -0.05) is 11.6 Å². The van der Waals surface area contributed by atoms with Crippen LogP contribution >= 0.6 is 11.6 Å². The first-order valence-electron chi connectivity index (χ1n) is 6.73. The predicted octanol–water partition coefficient (Wildman–Crippen LogP) is 2.90. The number of aromatic nitrogens is 2. The van der Waals surface area contributed by atoms with Crippen LogP contribution in [0.5, 0.6) is 0 Å². The standard InChI is InChI=1S/C14H10ClF3N4O3S/c15-11(12(23)14(16,17)18)8-21-9-2-4-10(5-3-9)26(24,25)22-13-19-6-1-7-20-13/h1-8,21H,(H,19,20,22)/b11-8+. The molecule has 0 saturated heterocycles. The van der Waals surface area contributed by atoms with Crippen molar-refractivity contribution in [2.75, 3.05) is 10.0 Å². The summed E-state index contributed by atoms with van der Waals surface area (Å²) in [7, 11) is -3.94. The number of hydrogen-bond acceptors (Lipinski definition) is 6. The Morgan fingerprint density at radius 1 is 1.12 bits per heavy atom. The lowest BCUT2D eigenvalue weighted by Gasteiger charge is -2.08. The average molecular weight is 407 g/mol. The van der Waals surface area contributed by atoms with Crippen LogP contribution in [0.2, 0.25) is 0 Å². The number of rotatable bonds is 6. The molecule has 0 fully saturated rings. The van der Waals surface area contributed by atoms with Gasteiger partial charge in [0, 0.05) is 24.3 Å². The van der Waals surface area contributed by atoms with Gasteiger partial charge in [0.25, 0.3) is 15.8 Å². The van der Waals surface area contributed by atoms with E-state index in [1.807, 2.05) is 0 Å². The first-order chi connectivity index (χ1) is 12.1. The van der Waals surface area contributed by atoms with E-state index in [-0.39, 0.29) is 16.5 Å². The molecule has 0 aliphatic carbocycles. The quantitative estimate of drug-likeness (QED) is 0.715. The summed E-state index contributed by atoms with van der Waals surface area (Å²) in [6, 6.07) is 6.46. The van der Waals surface area contributed by atoms with Crippen LogP contribution in [0.3, 0.4) is 0 Å². The Labute approximate surface area is 151 Å². The molecule has 1 aromatic heterocycles. The number of carbonyl (C=O) groups is 1. The number of Topliss-reactive ketones (excluding diaryl/α,β-unsaturated/α-hetero) is 1. The molecule has 0 aliphatic rings. The predicted molar refractivity (Wildman–Crippen MR) is 87.9 cm³/mol. The third-order valence-corrected chi connectivity index (χ3v) is 4.42. The largest absolute Gasteiger partial charge is 0.455 e. The van der Waals surface area contributed by atoms with Crippen LogP contribution in [-0.2, 0) is 14.8 Å². The van der Waals surface area contributed by atoms with E-state index < -0.39 is 27.0 Å². The van der Waals surface area contributed by atoms with Gasteiger partial charge in [-0.2, -0.15) is 13.2 Å². The van der Waals surface area contributed by atoms with Gasteiger partial charge in [0.15, 0.2) is 0 Å². The van der Waals surface area contributed by atoms with E-state index in [0.29, 0.717) is 6.20 Å². The molecule has 2 rings (SSSR count). The number of benzene rings is 1. The Hall–Kier alpha value is -2.66. The van der Waals surface area contributed by atoms with Crippen molar-refractivity contribution in [3.8, 4) is 0 Å². The lowest BCUT2D eigenvalue weighted by Crippen LogP contribution is -2.23. The molecule has 26 heavy (non-hydrogen) atoms. The van der Waals surface area contributed by atoms with Crippen molar-refractivity contribution < 1.29 is 26.4 Å². The number of carbonyl (C=O) groups excluding carboxylic acids is 1. The SMILES string of the molecule is O=C(/C(Cl)=C\Nc1ccc(S(=O)(=O)Nc2ncccn2)cc1)C(F)(F)F. The molecule has 1 aromatic carbocycles. The lowest BCUT2D eigenvalue weighted by molar-refractivity contribution is -0.165. The van der Waals surface area contributed by atoms with Crippen molar-refractivity contribution >= 4 is 39.0 Å². The zero-order valence-electron chi connectivity index (χ0n) is 12.7. The van der Waals surface area contributed by atoms with Gasteiger partial charge in [-0.05, 0) is 30.3 Å². The highest BCUT2D eigenvalue weighted by molar-refractivity contribution is 7.92. The molecule has 2 aromatic rings. The molecule has 2 N–H and O–H groups in total. The maximum atomic E-state index is 12.2. The summed E-state index contributed by atoms with van der Waals surface area (Å²) in [6.07, 6.45) is -1.71. The molecule has 1 heterocycles. The van der Waals surface area contributed by atoms with Crippen molar-refractivity contribution in [3.63, 3.8) is 0 Å². The summed E-state index contributed by atoms with van der Waals surface area (Å²) >= 11 is 5.27. The Kier molecular flexibility index (Phi) is 5.83. The summed E-state index contributed by atoms with van der Waals surface area (Å²) < 4.78 is 63.1. The number of nitrogens with one attached hydrogen (secondary N) is 2. The first-order valence-corrected chi connectivity index (χ1v) is 8.59. The highest BCUT2D eigenvalue weighted by Gasteiger charge is 2.40. The van der Waals surface area contributed by atoms with Crippen molar-refractivity contribution in [3.05, 3.63) is 54.0 Å². The molecule has 0 atom stereocenters. The summed E-state index contributed by atoms with van der Waals surface area (Å²) in [5, 5.41) is 1.31. The Morgan fingerprint density at radius 3 is 2.23 bits per heavy atom. The van der Waals surface area contributed by atoms with Crippen molar-refractivity contribution in [1.29, 1.82) is 0 Å². The fourth-order valence-electron chi connectivity index (χ4n) is 1.61. The Balaban J connectivity index is 2.09. The number of nitrogens with zero attached hydrogens (tertiary/aromatic N) is 2. The highest BCUT2D eigenvalue weighted by atomic mass is 35.5. The maximum Gasteiger partial charge on any atom is 0.455 e. The fourth-order valence-corrected chi connectivity index (χ4v) is 2.73. The van der Waals surface area contributed by atoms with Crippen LogP contribution in [-0.4, -0.2) is 30.3 Å². The molecular weight excluding hydrogens is 397 g/mol. The molecule has 0 saturated carbocycles. The van der Waals surface area contributed by atoms with Crippen LogP contribution in [0.25, 0.3) is 0 Å². The van der Waals surface area contributed by atoms with Crippen molar-refractivity contribution in [2.45, 2.75) is 11.1 Å². The average Bonchev–Trinajstić information content (AvgIpc) is 2.59. The van der Waals surface area contributed by atoms with Crippen LogP contribution in [0.15, 0.2) is 58.9 Å². The number of halogens is 4. The highest BCUT2D eigenvalue weighted by Crippen LogP contribution is 2.23. The summed E-state index contributed by atoms with van der Waals surface area (Å²) in [4.78, 5) is 18.2. The minimum atomic E-state index is -5.08. The van der Waals surface area contributed by atoms with Gasteiger partial charge in [0.05, 0.1) is 4.90 Å². The molecule has 0 aliphatic heterocycles. The van der Waals surface area contributed by atoms with Crippen LogP contribution in [0, 0.1) is 0 Å². The number of ketones is 1. The molecule has 0 radical (unpaired) electrons. The second kappa shape index (κ2) is 7.70. The van der Waals surface area contributed by atoms with E-state index in [1.54, 1.807) is 0 Å². The summed E-state index contributed by atoms with van der Waals surface area (Å²) in [5.41, 5.74) is 0.216. The van der Waals surface area contributed by atoms with E-state index in [2.05, 4.69) is 20.0 Å². The second-order valence-corrected chi connectivity index (χ2v) is 6.76. The second-order valence-electron chi connectivity index (χ2n) is 4.67. The molecule has 138 valence electrons. The third-order valence-electron chi connectivity index (χ3n) is 2.80. The summed E-state index contributed by atoms with van der Waals surface area (Å²) in [6.45, 7) is 0. The minimum Gasteiger partial charge on any atom is -0.360 e. The number of hydrogen-bond donors (Lipinski definition) is 2. The molecule has 12 heteroatoms. The normalized spacial score (nSPS) is 12.5.